The summed E-state index contributed by atoms with van der Waals surface area (Å²) in [5.74, 6) is -0.197. The van der Waals surface area contributed by atoms with Crippen LogP contribution >= 0.6 is 0 Å². The van der Waals surface area contributed by atoms with Crippen molar-refractivity contribution >= 4 is 17.4 Å². The molecule has 2 N–H and O–H groups in total. The Balaban J connectivity index is 2.42. The van der Waals surface area contributed by atoms with E-state index in [-0.39, 0.29) is 17.6 Å². The molecule has 0 fully saturated rings. The lowest BCUT2D eigenvalue weighted by atomic mass is 9.98. The zero-order chi connectivity index (χ0) is 14.2. The molecular formula is C15H20N2O2. The molecule has 2 atom stereocenters. The Morgan fingerprint density at radius 1 is 1.26 bits per heavy atom. The predicted molar refractivity (Wildman–Crippen MR) is 74.9 cm³/mol. The van der Waals surface area contributed by atoms with Gasteiger partial charge in [-0.15, -0.1) is 0 Å². The number of Topliss-reactive ketones (excluding diaryl/α,β-unsaturated/α-hetero) is 1. The van der Waals surface area contributed by atoms with Crippen molar-refractivity contribution in [2.45, 2.75) is 39.3 Å². The first-order valence-corrected chi connectivity index (χ1v) is 6.63. The Morgan fingerprint density at radius 3 is 2.47 bits per heavy atom. The molecule has 1 aliphatic heterocycles. The molecule has 1 aliphatic rings. The summed E-state index contributed by atoms with van der Waals surface area (Å²) in [6, 6.07) is 6.63. The molecule has 0 aliphatic carbocycles. The van der Waals surface area contributed by atoms with E-state index in [1.165, 1.54) is 0 Å². The SMILES string of the molecule is CC(C)C(=O)[C@@H]1Cc2ccccc2N1C(=O)[C@H](C)N. The van der Waals surface area contributed by atoms with Crippen LogP contribution in [0.15, 0.2) is 24.3 Å². The van der Waals surface area contributed by atoms with Crippen LogP contribution in [0.2, 0.25) is 0 Å². The maximum absolute atomic E-state index is 12.3. The number of hydrogen-bond donors (Lipinski definition) is 1. The van der Waals surface area contributed by atoms with E-state index in [0.717, 1.165) is 11.3 Å². The van der Waals surface area contributed by atoms with Crippen molar-refractivity contribution < 1.29 is 9.59 Å². The highest BCUT2D eigenvalue weighted by Gasteiger charge is 2.39. The van der Waals surface area contributed by atoms with Crippen molar-refractivity contribution in [3.05, 3.63) is 29.8 Å². The number of benzene rings is 1. The third-order valence-electron chi connectivity index (χ3n) is 3.50. The highest BCUT2D eigenvalue weighted by molar-refractivity contribution is 6.06. The molecule has 0 saturated carbocycles. The van der Waals surface area contributed by atoms with Crippen molar-refractivity contribution in [1.82, 2.24) is 0 Å². The molecule has 2 rings (SSSR count). The first-order chi connectivity index (χ1) is 8.93. The van der Waals surface area contributed by atoms with Gasteiger partial charge < -0.3 is 5.73 Å². The van der Waals surface area contributed by atoms with Gasteiger partial charge in [-0.05, 0) is 18.6 Å². The molecule has 4 heteroatoms. The number of fused-ring (bicyclic) bond motifs is 1. The molecule has 0 unspecified atom stereocenters. The summed E-state index contributed by atoms with van der Waals surface area (Å²) < 4.78 is 0. The summed E-state index contributed by atoms with van der Waals surface area (Å²) >= 11 is 0. The van der Waals surface area contributed by atoms with E-state index >= 15 is 0 Å². The number of nitrogens with two attached hydrogens (primary N) is 1. The minimum atomic E-state index is -0.603. The molecule has 0 spiro atoms. The van der Waals surface area contributed by atoms with Crippen LogP contribution in [-0.4, -0.2) is 23.8 Å². The average Bonchev–Trinajstić information content (AvgIpc) is 2.75. The molecule has 19 heavy (non-hydrogen) atoms. The van der Waals surface area contributed by atoms with E-state index in [1.54, 1.807) is 11.8 Å². The lowest BCUT2D eigenvalue weighted by Crippen LogP contribution is -2.50. The number of anilines is 1. The van der Waals surface area contributed by atoms with Crippen LogP contribution in [0.4, 0.5) is 5.69 Å². The molecule has 0 aromatic heterocycles. The van der Waals surface area contributed by atoms with Gasteiger partial charge in [0.15, 0.2) is 5.78 Å². The molecule has 1 aromatic carbocycles. The van der Waals surface area contributed by atoms with Gasteiger partial charge in [-0.3, -0.25) is 14.5 Å². The summed E-state index contributed by atoms with van der Waals surface area (Å²) in [5.41, 5.74) is 7.57. The molecule has 0 bridgehead atoms. The highest BCUT2D eigenvalue weighted by Crippen LogP contribution is 2.33. The quantitative estimate of drug-likeness (QED) is 0.896. The van der Waals surface area contributed by atoms with Gasteiger partial charge >= 0.3 is 0 Å². The summed E-state index contributed by atoms with van der Waals surface area (Å²) in [6.07, 6.45) is 0.589. The van der Waals surface area contributed by atoms with Crippen molar-refractivity contribution in [3.8, 4) is 0 Å². The number of carbonyl (C=O) groups is 2. The summed E-state index contributed by atoms with van der Waals surface area (Å²) in [5, 5.41) is 0. The summed E-state index contributed by atoms with van der Waals surface area (Å²) in [6.45, 7) is 5.37. The molecule has 0 saturated heterocycles. The Morgan fingerprint density at radius 2 is 1.89 bits per heavy atom. The van der Waals surface area contributed by atoms with E-state index in [9.17, 15) is 9.59 Å². The van der Waals surface area contributed by atoms with Crippen molar-refractivity contribution in [2.24, 2.45) is 11.7 Å². The van der Waals surface area contributed by atoms with Gasteiger partial charge in [0, 0.05) is 18.0 Å². The molecule has 102 valence electrons. The minimum absolute atomic E-state index is 0.0881. The number of para-hydroxylation sites is 1. The van der Waals surface area contributed by atoms with Crippen molar-refractivity contribution in [1.29, 1.82) is 0 Å². The number of amides is 1. The molecule has 0 radical (unpaired) electrons. The number of hydrogen-bond acceptors (Lipinski definition) is 3. The third kappa shape index (κ3) is 2.40. The van der Waals surface area contributed by atoms with Crippen LogP contribution in [0, 0.1) is 5.92 Å². The third-order valence-corrected chi connectivity index (χ3v) is 3.50. The Labute approximate surface area is 113 Å². The second kappa shape index (κ2) is 5.13. The maximum atomic E-state index is 12.3. The topological polar surface area (TPSA) is 63.4 Å². The van der Waals surface area contributed by atoms with E-state index in [4.69, 9.17) is 5.73 Å². The van der Waals surface area contributed by atoms with Crippen LogP contribution in [0.3, 0.4) is 0 Å². The average molecular weight is 260 g/mol. The van der Waals surface area contributed by atoms with Gasteiger partial charge in [-0.25, -0.2) is 0 Å². The second-order valence-corrected chi connectivity index (χ2v) is 5.40. The normalized spacial score (nSPS) is 19.4. The predicted octanol–water partition coefficient (Wildman–Crippen LogP) is 1.52. The number of rotatable bonds is 3. The smallest absolute Gasteiger partial charge is 0.244 e. The monoisotopic (exact) mass is 260 g/mol. The molecule has 1 heterocycles. The molecule has 1 aromatic rings. The second-order valence-electron chi connectivity index (χ2n) is 5.40. The van der Waals surface area contributed by atoms with Gasteiger partial charge in [-0.1, -0.05) is 32.0 Å². The first kappa shape index (κ1) is 13.7. The zero-order valence-electron chi connectivity index (χ0n) is 11.6. The largest absolute Gasteiger partial charge is 0.320 e. The van der Waals surface area contributed by atoms with Crippen LogP contribution in [0.5, 0.6) is 0 Å². The van der Waals surface area contributed by atoms with Crippen LogP contribution in [0.1, 0.15) is 26.3 Å². The number of carbonyl (C=O) groups excluding carboxylic acids is 2. The van der Waals surface area contributed by atoms with E-state index in [2.05, 4.69) is 0 Å². The van der Waals surface area contributed by atoms with Crippen LogP contribution < -0.4 is 10.6 Å². The zero-order valence-corrected chi connectivity index (χ0v) is 11.6. The van der Waals surface area contributed by atoms with Crippen LogP contribution in [-0.2, 0) is 16.0 Å². The Kier molecular flexibility index (Phi) is 3.71. The molecular weight excluding hydrogens is 240 g/mol. The Bertz CT molecular complexity index is 509. The Hall–Kier alpha value is -1.68. The maximum Gasteiger partial charge on any atom is 0.244 e. The minimum Gasteiger partial charge on any atom is -0.320 e. The summed E-state index contributed by atoms with van der Waals surface area (Å²) in [4.78, 5) is 26.2. The van der Waals surface area contributed by atoms with Crippen molar-refractivity contribution in [2.75, 3.05) is 4.90 Å². The van der Waals surface area contributed by atoms with Gasteiger partial charge in [0.1, 0.15) is 0 Å². The van der Waals surface area contributed by atoms with Gasteiger partial charge in [0.2, 0.25) is 5.91 Å². The first-order valence-electron chi connectivity index (χ1n) is 6.63. The standard InChI is InChI=1S/C15H20N2O2/c1-9(2)14(18)13-8-11-6-4-5-7-12(11)17(13)15(19)10(3)16/h4-7,9-10,13H,8,16H2,1-3H3/t10-,13-/m0/s1. The fraction of sp³-hybridized carbons (Fsp3) is 0.467. The van der Waals surface area contributed by atoms with Crippen molar-refractivity contribution in [3.63, 3.8) is 0 Å². The van der Waals surface area contributed by atoms with Gasteiger partial charge in [-0.2, -0.15) is 0 Å². The highest BCUT2D eigenvalue weighted by atomic mass is 16.2. The van der Waals surface area contributed by atoms with E-state index in [0.29, 0.717) is 6.42 Å². The number of nitrogens with zero attached hydrogens (tertiary/aromatic N) is 1. The summed E-state index contributed by atoms with van der Waals surface area (Å²) in [7, 11) is 0. The van der Waals surface area contributed by atoms with E-state index < -0.39 is 12.1 Å². The lowest BCUT2D eigenvalue weighted by Gasteiger charge is -2.27. The fourth-order valence-corrected chi connectivity index (χ4v) is 2.49. The molecule has 1 amide bonds. The lowest BCUT2D eigenvalue weighted by molar-refractivity contribution is -0.127. The van der Waals surface area contributed by atoms with Gasteiger partial charge in [0.25, 0.3) is 0 Å². The van der Waals surface area contributed by atoms with E-state index in [1.807, 2.05) is 38.1 Å². The fourth-order valence-electron chi connectivity index (χ4n) is 2.49. The molecule has 4 nitrogen and oxygen atoms in total. The van der Waals surface area contributed by atoms with Crippen LogP contribution in [0.25, 0.3) is 0 Å². The van der Waals surface area contributed by atoms with Gasteiger partial charge in [0.05, 0.1) is 12.1 Å². The number of ketones is 1.